The maximum absolute atomic E-state index is 13.8. The maximum atomic E-state index is 13.8. The molecule has 1 aromatic heterocycles. The lowest BCUT2D eigenvalue weighted by Crippen LogP contribution is -2.29. The molecular weight excluding hydrogens is 693 g/mol. The van der Waals surface area contributed by atoms with Gasteiger partial charge in [0.25, 0.3) is 5.78 Å². The van der Waals surface area contributed by atoms with Crippen molar-refractivity contribution in [3.05, 3.63) is 93.0 Å². The molecule has 2 heterocycles. The standard InChI is InChI=1S/C35H35Cl2N3O6S2/c1-4-7-8-17-46-27-16-12-22(18-28(27)45-6-3)30-29(31(41)21-10-14-25(15-11-21)44-5-2)32(42)33(43)40(30)34-38-39-35(48-34)47-20-23-9-13-24(36)19-26(23)37/h9-16,18-19,30,41H,4-8,17,20H2,1-3H3. The van der Waals surface area contributed by atoms with Crippen LogP contribution >= 0.6 is 46.3 Å². The van der Waals surface area contributed by atoms with Gasteiger partial charge in [0.2, 0.25) is 5.13 Å². The molecule has 1 aliphatic heterocycles. The van der Waals surface area contributed by atoms with Crippen LogP contribution in [0.15, 0.2) is 70.6 Å². The van der Waals surface area contributed by atoms with Crippen LogP contribution in [0, 0.1) is 0 Å². The molecule has 1 fully saturated rings. The number of anilines is 1. The van der Waals surface area contributed by atoms with Gasteiger partial charge in [-0.2, -0.15) is 0 Å². The first kappa shape index (κ1) is 35.5. The number of amides is 1. The second-order valence-electron chi connectivity index (χ2n) is 10.7. The molecule has 1 saturated heterocycles. The Bertz CT molecular complexity index is 1800. The van der Waals surface area contributed by atoms with Gasteiger partial charge in [0.15, 0.2) is 15.8 Å². The molecule has 1 amide bonds. The van der Waals surface area contributed by atoms with Gasteiger partial charge in [-0.1, -0.05) is 78.2 Å². The first-order valence-corrected chi connectivity index (χ1v) is 18.1. The molecule has 1 N–H and O–H groups in total. The number of benzene rings is 3. The number of aliphatic hydroxyl groups is 1. The zero-order valence-electron chi connectivity index (χ0n) is 26.7. The summed E-state index contributed by atoms with van der Waals surface area (Å²) in [5.41, 5.74) is 1.67. The molecule has 0 radical (unpaired) electrons. The highest BCUT2D eigenvalue weighted by molar-refractivity contribution is 8.00. The predicted octanol–water partition coefficient (Wildman–Crippen LogP) is 9.13. The molecule has 5 rings (SSSR count). The molecule has 0 bridgehead atoms. The summed E-state index contributed by atoms with van der Waals surface area (Å²) in [6, 6.07) is 16.2. The highest BCUT2D eigenvalue weighted by atomic mass is 35.5. The normalized spacial score (nSPS) is 15.6. The lowest BCUT2D eigenvalue weighted by Gasteiger charge is -2.23. The zero-order chi connectivity index (χ0) is 34.2. The van der Waals surface area contributed by atoms with E-state index < -0.39 is 17.7 Å². The second kappa shape index (κ2) is 16.6. The summed E-state index contributed by atoms with van der Waals surface area (Å²) in [4.78, 5) is 28.8. The molecule has 9 nitrogen and oxygen atoms in total. The van der Waals surface area contributed by atoms with Crippen molar-refractivity contribution >= 4 is 68.9 Å². The molecule has 13 heteroatoms. The van der Waals surface area contributed by atoms with Crippen LogP contribution in [0.25, 0.3) is 5.76 Å². The van der Waals surface area contributed by atoms with Crippen molar-refractivity contribution in [2.45, 2.75) is 56.2 Å². The van der Waals surface area contributed by atoms with Crippen molar-refractivity contribution in [2.75, 3.05) is 24.7 Å². The number of aromatic nitrogens is 2. The maximum Gasteiger partial charge on any atom is 0.301 e. The first-order chi connectivity index (χ1) is 23.2. The number of hydrogen-bond acceptors (Lipinski definition) is 10. The van der Waals surface area contributed by atoms with Gasteiger partial charge in [-0.3, -0.25) is 14.5 Å². The minimum absolute atomic E-state index is 0.0828. The number of rotatable bonds is 15. The third-order valence-corrected chi connectivity index (χ3v) is 10.1. The van der Waals surface area contributed by atoms with Gasteiger partial charge in [0.1, 0.15) is 11.5 Å². The number of Topliss-reactive ketones (excluding diaryl/α,β-unsaturated/α-hetero) is 1. The minimum atomic E-state index is -1.03. The molecular formula is C35H35Cl2N3O6S2. The Balaban J connectivity index is 1.54. The van der Waals surface area contributed by atoms with E-state index in [0.717, 1.165) is 36.2 Å². The van der Waals surface area contributed by atoms with Gasteiger partial charge in [-0.05, 0) is 79.9 Å². The summed E-state index contributed by atoms with van der Waals surface area (Å²) in [6.07, 6.45) is 3.00. The summed E-state index contributed by atoms with van der Waals surface area (Å²) in [5.74, 6) is 0.115. The largest absolute Gasteiger partial charge is 0.507 e. The molecule has 0 spiro atoms. The lowest BCUT2D eigenvalue weighted by atomic mass is 9.95. The number of thioether (sulfide) groups is 1. The van der Waals surface area contributed by atoms with Crippen molar-refractivity contribution in [3.63, 3.8) is 0 Å². The van der Waals surface area contributed by atoms with Gasteiger partial charge < -0.3 is 19.3 Å². The SMILES string of the molecule is CCCCCOc1ccc(C2C(=C(O)c3ccc(OCC)cc3)C(=O)C(=O)N2c2nnc(SCc3ccc(Cl)cc3Cl)s2)cc1OCC. The summed E-state index contributed by atoms with van der Waals surface area (Å²) in [6.45, 7) is 7.23. The van der Waals surface area contributed by atoms with Gasteiger partial charge in [-0.25, -0.2) is 0 Å². The van der Waals surface area contributed by atoms with Crippen molar-refractivity contribution in [1.82, 2.24) is 10.2 Å². The topological polar surface area (TPSA) is 111 Å². The second-order valence-corrected chi connectivity index (χ2v) is 13.7. The quantitative estimate of drug-likeness (QED) is 0.0320. The Kier molecular flexibility index (Phi) is 12.3. The molecule has 1 atom stereocenters. The molecule has 4 aromatic rings. The van der Waals surface area contributed by atoms with E-state index in [-0.39, 0.29) is 16.5 Å². The van der Waals surface area contributed by atoms with Crippen molar-refractivity contribution in [3.8, 4) is 17.2 Å². The molecule has 48 heavy (non-hydrogen) atoms. The van der Waals surface area contributed by atoms with Crippen LogP contribution in [0.3, 0.4) is 0 Å². The summed E-state index contributed by atoms with van der Waals surface area (Å²) < 4.78 is 18.1. The van der Waals surface area contributed by atoms with Crippen LogP contribution in [0.4, 0.5) is 5.13 Å². The average molecular weight is 729 g/mol. The van der Waals surface area contributed by atoms with Gasteiger partial charge >= 0.3 is 5.91 Å². The number of ether oxygens (including phenoxy) is 3. The van der Waals surface area contributed by atoms with E-state index in [2.05, 4.69) is 17.1 Å². The van der Waals surface area contributed by atoms with E-state index in [4.69, 9.17) is 37.4 Å². The van der Waals surface area contributed by atoms with E-state index >= 15 is 0 Å². The molecule has 252 valence electrons. The average Bonchev–Trinajstić information content (AvgIpc) is 3.65. The highest BCUT2D eigenvalue weighted by Gasteiger charge is 2.48. The molecule has 3 aromatic carbocycles. The molecule has 1 aliphatic rings. The molecule has 0 aliphatic carbocycles. The Morgan fingerprint density at radius 2 is 1.69 bits per heavy atom. The van der Waals surface area contributed by atoms with Crippen LogP contribution in [0.1, 0.15) is 62.8 Å². The Hall–Kier alpha value is -3.77. The van der Waals surface area contributed by atoms with Crippen molar-refractivity contribution in [1.29, 1.82) is 0 Å². The van der Waals surface area contributed by atoms with Gasteiger partial charge in [0, 0.05) is 21.4 Å². The van der Waals surface area contributed by atoms with Crippen molar-refractivity contribution in [2.24, 2.45) is 0 Å². The summed E-state index contributed by atoms with van der Waals surface area (Å²) in [7, 11) is 0. The van der Waals surface area contributed by atoms with Crippen LogP contribution in [-0.2, 0) is 15.3 Å². The fraction of sp³-hybridized carbons (Fsp3) is 0.314. The van der Waals surface area contributed by atoms with Gasteiger partial charge in [0.05, 0.1) is 31.4 Å². The highest BCUT2D eigenvalue weighted by Crippen LogP contribution is 2.46. The summed E-state index contributed by atoms with van der Waals surface area (Å²) >= 11 is 15.0. The predicted molar refractivity (Wildman–Crippen MR) is 191 cm³/mol. The number of ketones is 1. The monoisotopic (exact) mass is 727 g/mol. The van der Waals surface area contributed by atoms with Crippen LogP contribution in [0.5, 0.6) is 17.2 Å². The third kappa shape index (κ3) is 8.08. The van der Waals surface area contributed by atoms with E-state index in [1.54, 1.807) is 54.6 Å². The Morgan fingerprint density at radius 3 is 2.40 bits per heavy atom. The van der Waals surface area contributed by atoms with Crippen molar-refractivity contribution < 1.29 is 28.9 Å². The van der Waals surface area contributed by atoms with Crippen LogP contribution < -0.4 is 19.1 Å². The fourth-order valence-electron chi connectivity index (χ4n) is 5.13. The Morgan fingerprint density at radius 1 is 0.917 bits per heavy atom. The number of halogens is 2. The van der Waals surface area contributed by atoms with E-state index in [0.29, 0.717) is 68.3 Å². The number of nitrogens with zero attached hydrogens (tertiary/aromatic N) is 3. The Labute approximate surface area is 297 Å². The number of carbonyl (C=O) groups is 2. The smallest absolute Gasteiger partial charge is 0.301 e. The van der Waals surface area contributed by atoms with Crippen LogP contribution in [0.2, 0.25) is 10.0 Å². The third-order valence-electron chi connectivity index (χ3n) is 7.44. The number of hydrogen-bond donors (Lipinski definition) is 1. The molecule has 1 unspecified atom stereocenters. The number of carbonyl (C=O) groups excluding carboxylic acids is 2. The van der Waals surface area contributed by atoms with E-state index in [9.17, 15) is 14.7 Å². The summed E-state index contributed by atoms with van der Waals surface area (Å²) in [5, 5.41) is 21.5. The van der Waals surface area contributed by atoms with Crippen LogP contribution in [-0.4, -0.2) is 46.8 Å². The first-order valence-electron chi connectivity index (χ1n) is 15.6. The number of unbranched alkanes of at least 4 members (excludes halogenated alkanes) is 2. The molecule has 0 saturated carbocycles. The lowest BCUT2D eigenvalue weighted by molar-refractivity contribution is -0.132. The minimum Gasteiger partial charge on any atom is -0.507 e. The van der Waals surface area contributed by atoms with Gasteiger partial charge in [-0.15, -0.1) is 10.2 Å². The number of aliphatic hydroxyl groups excluding tert-OH is 1. The zero-order valence-corrected chi connectivity index (χ0v) is 29.8. The van der Waals surface area contributed by atoms with E-state index in [1.807, 2.05) is 19.9 Å². The fourth-order valence-corrected chi connectivity index (χ4v) is 7.56. The van der Waals surface area contributed by atoms with E-state index in [1.165, 1.54) is 16.7 Å².